The second kappa shape index (κ2) is 10.6. The Balaban J connectivity index is 1.90. The largest absolute Gasteiger partial charge is 0.445 e. The molecule has 0 spiro atoms. The van der Waals surface area contributed by atoms with E-state index < -0.39 is 24.6 Å². The molecule has 2 aromatic carbocycles. The number of aliphatic hydroxyl groups excluding tert-OH is 2. The molecule has 3 N–H and O–H groups in total. The molecule has 0 radical (unpaired) electrons. The van der Waals surface area contributed by atoms with Crippen molar-refractivity contribution in [3.63, 3.8) is 0 Å². The van der Waals surface area contributed by atoms with E-state index in [4.69, 9.17) is 14.2 Å². The van der Waals surface area contributed by atoms with Crippen LogP contribution in [0.2, 0.25) is 0 Å². The predicted octanol–water partition coefficient (Wildman–Crippen LogP) is 2.30. The lowest BCUT2D eigenvalue weighted by Gasteiger charge is -2.24. The summed E-state index contributed by atoms with van der Waals surface area (Å²) in [7, 11) is 2.97. The number of hydrogen-bond donors (Lipinski definition) is 3. The number of aliphatic hydroxyl groups is 2. The molecule has 27 heavy (non-hydrogen) atoms. The first kappa shape index (κ1) is 20.9. The molecule has 2 unspecified atom stereocenters. The molecule has 1 amide bonds. The van der Waals surface area contributed by atoms with Crippen LogP contribution in [-0.2, 0) is 20.8 Å². The summed E-state index contributed by atoms with van der Waals surface area (Å²) in [5.41, 5.74) is 1.91. The normalized spacial score (nSPS) is 13.2. The van der Waals surface area contributed by atoms with Gasteiger partial charge in [0.05, 0.1) is 0 Å². The molecule has 0 aliphatic rings. The van der Waals surface area contributed by atoms with Gasteiger partial charge in [-0.15, -0.1) is 0 Å². The second-order valence-corrected chi connectivity index (χ2v) is 5.89. The summed E-state index contributed by atoms with van der Waals surface area (Å²) in [6.45, 7) is -0.0503. The molecule has 0 saturated carbocycles. The van der Waals surface area contributed by atoms with Crippen molar-refractivity contribution in [2.24, 2.45) is 0 Å². The highest BCUT2D eigenvalue weighted by atomic mass is 16.7. The smallest absolute Gasteiger partial charge is 0.407 e. The summed E-state index contributed by atoms with van der Waals surface area (Å²) < 4.78 is 15.5. The summed E-state index contributed by atoms with van der Waals surface area (Å²) >= 11 is 0. The number of rotatable bonds is 9. The van der Waals surface area contributed by atoms with E-state index >= 15 is 0 Å². The number of amides is 1. The quantitative estimate of drug-likeness (QED) is 0.582. The van der Waals surface area contributed by atoms with E-state index in [-0.39, 0.29) is 13.2 Å². The van der Waals surface area contributed by atoms with Gasteiger partial charge in [0.15, 0.2) is 6.29 Å². The highest BCUT2D eigenvalue weighted by molar-refractivity contribution is 5.67. The molecule has 0 aromatic heterocycles. The molecule has 0 fully saturated rings. The first-order valence-corrected chi connectivity index (χ1v) is 8.52. The van der Waals surface area contributed by atoms with Crippen molar-refractivity contribution in [1.29, 1.82) is 0 Å². The minimum Gasteiger partial charge on any atom is -0.445 e. The first-order valence-electron chi connectivity index (χ1n) is 8.52. The lowest BCUT2D eigenvalue weighted by molar-refractivity contribution is -0.108. The number of methoxy groups -OCH3 is 2. The van der Waals surface area contributed by atoms with E-state index in [0.29, 0.717) is 11.1 Å². The van der Waals surface area contributed by atoms with Gasteiger partial charge in [-0.3, -0.25) is 0 Å². The van der Waals surface area contributed by atoms with Crippen molar-refractivity contribution in [3.8, 4) is 0 Å². The van der Waals surface area contributed by atoms with E-state index in [2.05, 4.69) is 5.32 Å². The SMILES string of the molecule is COC(OC)c1ccccc1C(O)C(O)CNC(=O)OCc1ccccc1. The third-order valence-corrected chi connectivity index (χ3v) is 4.03. The number of benzene rings is 2. The number of hydrogen-bond acceptors (Lipinski definition) is 6. The Morgan fingerprint density at radius 2 is 1.56 bits per heavy atom. The zero-order valence-electron chi connectivity index (χ0n) is 15.4. The van der Waals surface area contributed by atoms with Crippen molar-refractivity contribution in [1.82, 2.24) is 5.32 Å². The van der Waals surface area contributed by atoms with Gasteiger partial charge in [0.1, 0.15) is 18.8 Å². The highest BCUT2D eigenvalue weighted by Crippen LogP contribution is 2.28. The fourth-order valence-corrected chi connectivity index (χ4v) is 2.63. The van der Waals surface area contributed by atoms with E-state index in [1.807, 2.05) is 30.3 Å². The van der Waals surface area contributed by atoms with Crippen LogP contribution in [0.4, 0.5) is 4.79 Å². The Bertz CT molecular complexity index is 705. The molecule has 146 valence electrons. The van der Waals surface area contributed by atoms with Crippen LogP contribution in [0.5, 0.6) is 0 Å². The minimum atomic E-state index is -1.23. The van der Waals surface area contributed by atoms with Crippen LogP contribution in [0.3, 0.4) is 0 Å². The maximum absolute atomic E-state index is 11.8. The number of carbonyl (C=O) groups excluding carboxylic acids is 1. The Morgan fingerprint density at radius 1 is 0.963 bits per heavy atom. The number of alkyl carbamates (subject to hydrolysis) is 1. The Kier molecular flexibility index (Phi) is 8.22. The van der Waals surface area contributed by atoms with Gasteiger partial charge in [-0.2, -0.15) is 0 Å². The van der Waals surface area contributed by atoms with Crippen LogP contribution < -0.4 is 5.32 Å². The average molecular weight is 375 g/mol. The van der Waals surface area contributed by atoms with Crippen LogP contribution in [0, 0.1) is 0 Å². The topological polar surface area (TPSA) is 97.3 Å². The van der Waals surface area contributed by atoms with Crippen LogP contribution in [0.1, 0.15) is 29.1 Å². The Morgan fingerprint density at radius 3 is 2.19 bits per heavy atom. The average Bonchev–Trinajstić information content (AvgIpc) is 2.72. The molecule has 7 heteroatoms. The van der Waals surface area contributed by atoms with E-state index in [0.717, 1.165) is 5.56 Å². The van der Waals surface area contributed by atoms with Gasteiger partial charge in [-0.25, -0.2) is 4.79 Å². The van der Waals surface area contributed by atoms with Crippen molar-refractivity contribution >= 4 is 6.09 Å². The molecule has 0 saturated heterocycles. The summed E-state index contributed by atoms with van der Waals surface area (Å²) in [6, 6.07) is 16.2. The molecule has 0 bridgehead atoms. The highest BCUT2D eigenvalue weighted by Gasteiger charge is 2.24. The van der Waals surface area contributed by atoms with Crippen molar-refractivity contribution in [3.05, 3.63) is 71.3 Å². The van der Waals surface area contributed by atoms with Crippen LogP contribution in [0.25, 0.3) is 0 Å². The van der Waals surface area contributed by atoms with Crippen molar-refractivity contribution in [2.75, 3.05) is 20.8 Å². The lowest BCUT2D eigenvalue weighted by atomic mass is 9.98. The van der Waals surface area contributed by atoms with Crippen LogP contribution >= 0.6 is 0 Å². The zero-order chi connectivity index (χ0) is 19.6. The molecule has 2 aromatic rings. The maximum atomic E-state index is 11.8. The fourth-order valence-electron chi connectivity index (χ4n) is 2.63. The number of nitrogens with one attached hydrogen (secondary N) is 1. The second-order valence-electron chi connectivity index (χ2n) is 5.89. The molecule has 7 nitrogen and oxygen atoms in total. The maximum Gasteiger partial charge on any atom is 0.407 e. The third-order valence-electron chi connectivity index (χ3n) is 4.03. The van der Waals surface area contributed by atoms with Gasteiger partial charge in [0, 0.05) is 26.3 Å². The van der Waals surface area contributed by atoms with Crippen LogP contribution in [-0.4, -0.2) is 43.2 Å². The van der Waals surface area contributed by atoms with Crippen molar-refractivity contribution < 1.29 is 29.2 Å². The summed E-state index contributed by atoms with van der Waals surface area (Å²) in [5, 5.41) is 23.2. The number of carbonyl (C=O) groups is 1. The van der Waals surface area contributed by atoms with E-state index in [1.165, 1.54) is 14.2 Å². The number of ether oxygens (including phenoxy) is 3. The van der Waals surface area contributed by atoms with Gasteiger partial charge in [-0.05, 0) is 11.1 Å². The summed E-state index contributed by atoms with van der Waals surface area (Å²) in [4.78, 5) is 11.8. The molecule has 2 rings (SSSR count). The Hall–Kier alpha value is -2.45. The van der Waals surface area contributed by atoms with Gasteiger partial charge in [0.25, 0.3) is 0 Å². The fraction of sp³-hybridized carbons (Fsp3) is 0.350. The molecule has 0 heterocycles. The summed E-state index contributed by atoms with van der Waals surface area (Å²) in [5.74, 6) is 0. The van der Waals surface area contributed by atoms with E-state index in [9.17, 15) is 15.0 Å². The van der Waals surface area contributed by atoms with Crippen LogP contribution in [0.15, 0.2) is 54.6 Å². The molecule has 2 atom stereocenters. The standard InChI is InChI=1S/C20H25NO6/c1-25-19(26-2)16-11-7-6-10-15(16)18(23)17(22)12-21-20(24)27-13-14-8-4-3-5-9-14/h3-11,17-19,22-23H,12-13H2,1-2H3,(H,21,24). The van der Waals surface area contributed by atoms with E-state index in [1.54, 1.807) is 24.3 Å². The minimum absolute atomic E-state index is 0.123. The lowest BCUT2D eigenvalue weighted by Crippen LogP contribution is -2.36. The van der Waals surface area contributed by atoms with Gasteiger partial charge in [0.2, 0.25) is 0 Å². The van der Waals surface area contributed by atoms with Gasteiger partial charge >= 0.3 is 6.09 Å². The molecule has 0 aliphatic heterocycles. The first-order chi connectivity index (χ1) is 13.1. The predicted molar refractivity (Wildman–Crippen MR) is 98.8 cm³/mol. The summed E-state index contributed by atoms with van der Waals surface area (Å²) in [6.07, 6.45) is -3.81. The molecule has 0 aliphatic carbocycles. The van der Waals surface area contributed by atoms with Crippen molar-refractivity contribution in [2.45, 2.75) is 25.1 Å². The third kappa shape index (κ3) is 6.04. The van der Waals surface area contributed by atoms with Gasteiger partial charge in [-0.1, -0.05) is 54.6 Å². The monoisotopic (exact) mass is 375 g/mol. The Labute approximate surface area is 158 Å². The molecular formula is C20H25NO6. The van der Waals surface area contributed by atoms with Gasteiger partial charge < -0.3 is 29.7 Å². The zero-order valence-corrected chi connectivity index (χ0v) is 15.4. The molecular weight excluding hydrogens is 350 g/mol.